The molecule has 0 saturated heterocycles. The van der Waals surface area contributed by atoms with E-state index in [1.165, 1.54) is 32.1 Å². The Labute approximate surface area is 82.3 Å². The lowest BCUT2D eigenvalue weighted by molar-refractivity contribution is 0.391. The van der Waals surface area contributed by atoms with Crippen LogP contribution in [0.5, 0.6) is 0 Å². The Morgan fingerprint density at radius 2 is 2.15 bits per heavy atom. The standard InChI is InChI=1S/C12H21N/c1-3-4-9-12(13-2)10-11-7-5-6-8-11/h1,11-13H,4-10H2,2H3. The van der Waals surface area contributed by atoms with Gasteiger partial charge in [-0.2, -0.15) is 0 Å². The molecule has 1 aliphatic carbocycles. The largest absolute Gasteiger partial charge is 0.317 e. The van der Waals surface area contributed by atoms with Gasteiger partial charge in [0, 0.05) is 12.5 Å². The van der Waals surface area contributed by atoms with Crippen molar-refractivity contribution in [2.24, 2.45) is 5.92 Å². The highest BCUT2D eigenvalue weighted by Crippen LogP contribution is 2.29. The molecule has 0 aromatic heterocycles. The molecule has 1 nitrogen and oxygen atoms in total. The van der Waals surface area contributed by atoms with Gasteiger partial charge in [-0.25, -0.2) is 0 Å². The average molecular weight is 179 g/mol. The second-order valence-corrected chi connectivity index (χ2v) is 4.11. The third-order valence-corrected chi connectivity index (χ3v) is 3.14. The molecule has 0 heterocycles. The van der Waals surface area contributed by atoms with Crippen molar-refractivity contribution in [2.45, 2.75) is 51.0 Å². The highest BCUT2D eigenvalue weighted by Gasteiger charge is 2.18. The van der Waals surface area contributed by atoms with Crippen LogP contribution >= 0.6 is 0 Å². The molecule has 0 bridgehead atoms. The first-order chi connectivity index (χ1) is 6.36. The average Bonchev–Trinajstić information content (AvgIpc) is 2.64. The van der Waals surface area contributed by atoms with E-state index in [9.17, 15) is 0 Å². The van der Waals surface area contributed by atoms with Crippen molar-refractivity contribution < 1.29 is 0 Å². The van der Waals surface area contributed by atoms with Crippen molar-refractivity contribution in [3.63, 3.8) is 0 Å². The molecule has 1 aliphatic rings. The van der Waals surface area contributed by atoms with Gasteiger partial charge < -0.3 is 5.32 Å². The predicted octanol–water partition coefficient (Wildman–Crippen LogP) is 2.57. The molecule has 0 aromatic rings. The van der Waals surface area contributed by atoms with Gasteiger partial charge in [0.15, 0.2) is 0 Å². The third kappa shape index (κ3) is 3.83. The van der Waals surface area contributed by atoms with Crippen molar-refractivity contribution in [3.05, 3.63) is 0 Å². The number of hydrogen-bond acceptors (Lipinski definition) is 1. The Morgan fingerprint density at radius 3 is 2.69 bits per heavy atom. The minimum absolute atomic E-state index is 0.652. The summed E-state index contributed by atoms with van der Waals surface area (Å²) < 4.78 is 0. The van der Waals surface area contributed by atoms with Gasteiger partial charge in [-0.15, -0.1) is 12.3 Å². The Kier molecular flexibility index (Phi) is 4.93. The van der Waals surface area contributed by atoms with Crippen molar-refractivity contribution in [1.29, 1.82) is 0 Å². The number of nitrogens with one attached hydrogen (secondary N) is 1. The molecular weight excluding hydrogens is 158 g/mol. The van der Waals surface area contributed by atoms with Crippen LogP contribution in [-0.2, 0) is 0 Å². The van der Waals surface area contributed by atoms with Gasteiger partial charge >= 0.3 is 0 Å². The Hall–Kier alpha value is -0.480. The first kappa shape index (κ1) is 10.6. The van der Waals surface area contributed by atoms with E-state index in [0.29, 0.717) is 6.04 Å². The monoisotopic (exact) mass is 179 g/mol. The molecule has 1 heteroatoms. The maximum atomic E-state index is 5.26. The van der Waals surface area contributed by atoms with Gasteiger partial charge in [-0.3, -0.25) is 0 Å². The summed E-state index contributed by atoms with van der Waals surface area (Å²) in [6, 6.07) is 0.652. The van der Waals surface area contributed by atoms with Crippen LogP contribution < -0.4 is 5.32 Å². The zero-order valence-corrected chi connectivity index (χ0v) is 8.68. The van der Waals surface area contributed by atoms with Crippen LogP contribution in [0, 0.1) is 18.3 Å². The van der Waals surface area contributed by atoms with E-state index in [0.717, 1.165) is 18.8 Å². The smallest absolute Gasteiger partial charge is 0.0101 e. The molecule has 1 fully saturated rings. The maximum Gasteiger partial charge on any atom is 0.0101 e. The normalized spacial score (nSPS) is 20.0. The highest BCUT2D eigenvalue weighted by molar-refractivity contribution is 4.86. The Balaban J connectivity index is 2.18. The lowest BCUT2D eigenvalue weighted by Gasteiger charge is -2.18. The summed E-state index contributed by atoms with van der Waals surface area (Å²) in [5.74, 6) is 3.69. The molecule has 0 spiro atoms. The first-order valence-corrected chi connectivity index (χ1v) is 5.47. The molecule has 13 heavy (non-hydrogen) atoms. The van der Waals surface area contributed by atoms with Crippen molar-refractivity contribution >= 4 is 0 Å². The topological polar surface area (TPSA) is 12.0 Å². The maximum absolute atomic E-state index is 5.26. The molecule has 0 aliphatic heterocycles. The van der Waals surface area contributed by atoms with Gasteiger partial charge in [0.2, 0.25) is 0 Å². The molecule has 74 valence electrons. The molecule has 0 aromatic carbocycles. The molecule has 0 radical (unpaired) electrons. The lowest BCUT2D eigenvalue weighted by atomic mass is 9.96. The van der Waals surface area contributed by atoms with Crippen molar-refractivity contribution in [1.82, 2.24) is 5.32 Å². The molecular formula is C12H21N. The zero-order valence-electron chi connectivity index (χ0n) is 8.68. The molecule has 1 rings (SSSR count). The second kappa shape index (κ2) is 6.05. The van der Waals surface area contributed by atoms with E-state index < -0.39 is 0 Å². The Morgan fingerprint density at radius 1 is 1.46 bits per heavy atom. The van der Waals surface area contributed by atoms with Crippen LogP contribution in [0.1, 0.15) is 44.9 Å². The van der Waals surface area contributed by atoms with Crippen LogP contribution in [0.2, 0.25) is 0 Å². The minimum Gasteiger partial charge on any atom is -0.317 e. The van der Waals surface area contributed by atoms with E-state index in [4.69, 9.17) is 6.42 Å². The molecule has 0 amide bonds. The Bertz CT molecular complexity index is 162. The molecule has 1 N–H and O–H groups in total. The fourth-order valence-electron chi connectivity index (χ4n) is 2.29. The number of terminal acetylenes is 1. The van der Waals surface area contributed by atoms with Gasteiger partial charge in [-0.05, 0) is 25.8 Å². The van der Waals surface area contributed by atoms with Gasteiger partial charge in [0.05, 0.1) is 0 Å². The second-order valence-electron chi connectivity index (χ2n) is 4.11. The number of hydrogen-bond donors (Lipinski definition) is 1. The quantitative estimate of drug-likeness (QED) is 0.640. The summed E-state index contributed by atoms with van der Waals surface area (Å²) >= 11 is 0. The van der Waals surface area contributed by atoms with Crippen molar-refractivity contribution in [2.75, 3.05) is 7.05 Å². The van der Waals surface area contributed by atoms with E-state index >= 15 is 0 Å². The number of rotatable bonds is 5. The van der Waals surface area contributed by atoms with E-state index in [1.54, 1.807) is 0 Å². The van der Waals surface area contributed by atoms with E-state index in [1.807, 2.05) is 0 Å². The van der Waals surface area contributed by atoms with E-state index in [-0.39, 0.29) is 0 Å². The van der Waals surface area contributed by atoms with Crippen LogP contribution in [0.4, 0.5) is 0 Å². The SMILES string of the molecule is C#CCCC(CC1CCCC1)NC. The fourth-order valence-corrected chi connectivity index (χ4v) is 2.29. The summed E-state index contributed by atoms with van der Waals surface area (Å²) in [6.45, 7) is 0. The van der Waals surface area contributed by atoms with Crippen LogP contribution in [0.3, 0.4) is 0 Å². The minimum atomic E-state index is 0.652. The molecule has 1 unspecified atom stereocenters. The highest BCUT2D eigenvalue weighted by atomic mass is 14.9. The van der Waals surface area contributed by atoms with Crippen molar-refractivity contribution in [3.8, 4) is 12.3 Å². The summed E-state index contributed by atoms with van der Waals surface area (Å²) in [5.41, 5.74) is 0. The van der Waals surface area contributed by atoms with Gasteiger partial charge in [0.1, 0.15) is 0 Å². The molecule has 1 atom stereocenters. The first-order valence-electron chi connectivity index (χ1n) is 5.47. The van der Waals surface area contributed by atoms with Gasteiger partial charge in [-0.1, -0.05) is 25.7 Å². The lowest BCUT2D eigenvalue weighted by Crippen LogP contribution is -2.27. The van der Waals surface area contributed by atoms with Crippen LogP contribution in [0.25, 0.3) is 0 Å². The fraction of sp³-hybridized carbons (Fsp3) is 0.833. The third-order valence-electron chi connectivity index (χ3n) is 3.14. The van der Waals surface area contributed by atoms with Crippen LogP contribution in [0.15, 0.2) is 0 Å². The summed E-state index contributed by atoms with van der Waals surface area (Å²) in [7, 11) is 2.05. The summed E-state index contributed by atoms with van der Waals surface area (Å²) in [4.78, 5) is 0. The zero-order chi connectivity index (χ0) is 9.52. The summed E-state index contributed by atoms with van der Waals surface area (Å²) in [6.07, 6.45) is 14.4. The van der Waals surface area contributed by atoms with Gasteiger partial charge in [0.25, 0.3) is 0 Å². The summed E-state index contributed by atoms with van der Waals surface area (Å²) in [5, 5.41) is 3.37. The van der Waals surface area contributed by atoms with Crippen LogP contribution in [-0.4, -0.2) is 13.1 Å². The molecule has 1 saturated carbocycles. The predicted molar refractivity (Wildman–Crippen MR) is 57.5 cm³/mol. The van der Waals surface area contributed by atoms with E-state index in [2.05, 4.69) is 18.3 Å².